The van der Waals surface area contributed by atoms with Gasteiger partial charge >= 0.3 is 0 Å². The van der Waals surface area contributed by atoms with Crippen molar-refractivity contribution >= 4 is 0 Å². The van der Waals surface area contributed by atoms with E-state index in [1.807, 2.05) is 0 Å². The monoisotopic (exact) mass is 225 g/mol. The first-order valence-corrected chi connectivity index (χ1v) is 5.86. The molecule has 0 aromatic heterocycles. The Morgan fingerprint density at radius 1 is 1.25 bits per heavy atom. The molecule has 0 heterocycles. The average molecular weight is 225 g/mol. The summed E-state index contributed by atoms with van der Waals surface area (Å²) in [7, 11) is 0. The van der Waals surface area contributed by atoms with E-state index in [2.05, 4.69) is 0 Å². The highest BCUT2D eigenvalue weighted by Crippen LogP contribution is 2.33. The third-order valence-electron chi connectivity index (χ3n) is 3.21. The Labute approximate surface area is 94.7 Å². The molecule has 3 heteroatoms. The van der Waals surface area contributed by atoms with E-state index in [9.17, 15) is 8.78 Å². The number of halogens is 2. The van der Waals surface area contributed by atoms with Crippen LogP contribution in [0.25, 0.3) is 0 Å². The molecule has 88 valence electrons. The molecule has 2 N–H and O–H groups in total. The van der Waals surface area contributed by atoms with E-state index in [1.54, 1.807) is 6.07 Å². The summed E-state index contributed by atoms with van der Waals surface area (Å²) >= 11 is 0. The normalized spacial score (nSPS) is 17.4. The van der Waals surface area contributed by atoms with Crippen LogP contribution in [0.1, 0.15) is 31.2 Å². The minimum absolute atomic E-state index is 0.297. The molecule has 1 aliphatic rings. The molecule has 0 aliphatic heterocycles. The summed E-state index contributed by atoms with van der Waals surface area (Å²) in [6, 6.07) is 4.40. The Kier molecular flexibility index (Phi) is 3.54. The largest absolute Gasteiger partial charge is 0.327 e. The lowest BCUT2D eigenvalue weighted by atomic mass is 10.0. The number of rotatable bonds is 5. The number of aryl methyl sites for hydroxylation is 1. The summed E-state index contributed by atoms with van der Waals surface area (Å²) in [6.45, 7) is 0. The smallest absolute Gasteiger partial charge is 0.159 e. The van der Waals surface area contributed by atoms with Crippen LogP contribution in [-0.2, 0) is 6.42 Å². The van der Waals surface area contributed by atoms with Gasteiger partial charge < -0.3 is 5.73 Å². The minimum atomic E-state index is -0.779. The van der Waals surface area contributed by atoms with Crippen molar-refractivity contribution in [3.63, 3.8) is 0 Å². The molecular weight excluding hydrogens is 208 g/mol. The van der Waals surface area contributed by atoms with E-state index in [1.165, 1.54) is 25.0 Å². The maximum Gasteiger partial charge on any atom is 0.159 e. The van der Waals surface area contributed by atoms with Gasteiger partial charge in [-0.15, -0.1) is 0 Å². The van der Waals surface area contributed by atoms with Crippen molar-refractivity contribution in [1.82, 2.24) is 0 Å². The number of hydrogen-bond donors (Lipinski definition) is 1. The standard InChI is InChI=1S/C13H17F2N/c14-11-7-4-9(8-12(11)15)2-1-3-13(16)10-5-6-10/h4,7-8,10,13H,1-3,5-6,16H2. The molecule has 2 rings (SSSR count). The van der Waals surface area contributed by atoms with Gasteiger partial charge in [0, 0.05) is 6.04 Å². The van der Waals surface area contributed by atoms with Crippen molar-refractivity contribution in [3.8, 4) is 0 Å². The molecule has 1 saturated carbocycles. The number of benzene rings is 1. The molecule has 1 aromatic carbocycles. The van der Waals surface area contributed by atoms with Crippen molar-refractivity contribution in [2.45, 2.75) is 38.1 Å². The maximum atomic E-state index is 12.9. The van der Waals surface area contributed by atoms with Crippen molar-refractivity contribution in [2.24, 2.45) is 11.7 Å². The summed E-state index contributed by atoms with van der Waals surface area (Å²) in [5.74, 6) is -0.827. The van der Waals surface area contributed by atoms with Gasteiger partial charge in [0.25, 0.3) is 0 Å². The molecule has 0 amide bonds. The van der Waals surface area contributed by atoms with Crippen LogP contribution in [0.3, 0.4) is 0 Å². The lowest BCUT2D eigenvalue weighted by Crippen LogP contribution is -2.22. The molecular formula is C13H17F2N. The second kappa shape index (κ2) is 4.91. The van der Waals surface area contributed by atoms with Crippen LogP contribution in [0, 0.1) is 17.6 Å². The lowest BCUT2D eigenvalue weighted by molar-refractivity contribution is 0.504. The molecule has 1 atom stereocenters. The van der Waals surface area contributed by atoms with Crippen LogP contribution in [-0.4, -0.2) is 6.04 Å². The van der Waals surface area contributed by atoms with Gasteiger partial charge in [-0.1, -0.05) is 6.07 Å². The van der Waals surface area contributed by atoms with E-state index < -0.39 is 11.6 Å². The van der Waals surface area contributed by atoms with Gasteiger partial charge in [-0.25, -0.2) is 8.78 Å². The van der Waals surface area contributed by atoms with Crippen molar-refractivity contribution in [2.75, 3.05) is 0 Å². The fraction of sp³-hybridized carbons (Fsp3) is 0.538. The van der Waals surface area contributed by atoms with Gasteiger partial charge in [-0.2, -0.15) is 0 Å². The highest BCUT2D eigenvalue weighted by Gasteiger charge is 2.27. The zero-order chi connectivity index (χ0) is 11.5. The van der Waals surface area contributed by atoms with Gasteiger partial charge in [0.15, 0.2) is 11.6 Å². The minimum Gasteiger partial charge on any atom is -0.327 e. The van der Waals surface area contributed by atoms with Crippen molar-refractivity contribution in [1.29, 1.82) is 0 Å². The molecule has 0 saturated heterocycles. The summed E-state index contributed by atoms with van der Waals surface area (Å²) in [5, 5.41) is 0. The SMILES string of the molecule is NC(CCCc1ccc(F)c(F)c1)C1CC1. The molecule has 1 aromatic rings. The van der Waals surface area contributed by atoms with Gasteiger partial charge in [0.05, 0.1) is 0 Å². The van der Waals surface area contributed by atoms with E-state index in [4.69, 9.17) is 5.73 Å². The third kappa shape index (κ3) is 3.01. The third-order valence-corrected chi connectivity index (χ3v) is 3.21. The first-order valence-electron chi connectivity index (χ1n) is 5.86. The van der Waals surface area contributed by atoms with Crippen LogP contribution in [0.2, 0.25) is 0 Å². The van der Waals surface area contributed by atoms with E-state index in [-0.39, 0.29) is 0 Å². The van der Waals surface area contributed by atoms with Crippen molar-refractivity contribution in [3.05, 3.63) is 35.4 Å². The molecule has 0 spiro atoms. The Morgan fingerprint density at radius 2 is 2.00 bits per heavy atom. The number of hydrogen-bond acceptors (Lipinski definition) is 1. The second-order valence-corrected chi connectivity index (χ2v) is 4.64. The fourth-order valence-electron chi connectivity index (χ4n) is 2.00. The van der Waals surface area contributed by atoms with Crippen LogP contribution >= 0.6 is 0 Å². The molecule has 0 bridgehead atoms. The van der Waals surface area contributed by atoms with Crippen LogP contribution < -0.4 is 5.73 Å². The zero-order valence-electron chi connectivity index (χ0n) is 9.26. The average Bonchev–Trinajstić information content (AvgIpc) is 3.07. The summed E-state index contributed by atoms with van der Waals surface area (Å²) in [4.78, 5) is 0. The van der Waals surface area contributed by atoms with E-state index in [0.29, 0.717) is 12.0 Å². The maximum absolute atomic E-state index is 12.9. The molecule has 16 heavy (non-hydrogen) atoms. The molecule has 0 radical (unpaired) electrons. The Bertz CT molecular complexity index is 361. The Balaban J connectivity index is 1.78. The van der Waals surface area contributed by atoms with Gasteiger partial charge in [0.2, 0.25) is 0 Å². The first kappa shape index (κ1) is 11.5. The zero-order valence-corrected chi connectivity index (χ0v) is 9.26. The highest BCUT2D eigenvalue weighted by molar-refractivity contribution is 5.17. The Hall–Kier alpha value is -0.960. The van der Waals surface area contributed by atoms with E-state index in [0.717, 1.165) is 24.8 Å². The first-order chi connectivity index (χ1) is 7.66. The highest BCUT2D eigenvalue weighted by atomic mass is 19.2. The quantitative estimate of drug-likeness (QED) is 0.819. The van der Waals surface area contributed by atoms with E-state index >= 15 is 0 Å². The molecule has 1 fully saturated rings. The van der Waals surface area contributed by atoms with Gasteiger partial charge in [-0.05, 0) is 55.7 Å². The van der Waals surface area contributed by atoms with Crippen LogP contribution in [0.4, 0.5) is 8.78 Å². The topological polar surface area (TPSA) is 26.0 Å². The second-order valence-electron chi connectivity index (χ2n) is 4.64. The molecule has 1 aliphatic carbocycles. The predicted molar refractivity (Wildman–Crippen MR) is 60.0 cm³/mol. The summed E-state index contributed by atoms with van der Waals surface area (Å²) in [6.07, 6.45) is 5.21. The molecule has 1 nitrogen and oxygen atoms in total. The summed E-state index contributed by atoms with van der Waals surface area (Å²) < 4.78 is 25.6. The predicted octanol–water partition coefficient (Wildman–Crippen LogP) is 3.02. The van der Waals surface area contributed by atoms with Crippen LogP contribution in [0.5, 0.6) is 0 Å². The van der Waals surface area contributed by atoms with Crippen LogP contribution in [0.15, 0.2) is 18.2 Å². The molecule has 1 unspecified atom stereocenters. The van der Waals surface area contributed by atoms with Gasteiger partial charge in [-0.3, -0.25) is 0 Å². The number of nitrogens with two attached hydrogens (primary N) is 1. The van der Waals surface area contributed by atoms with Crippen molar-refractivity contribution < 1.29 is 8.78 Å². The van der Waals surface area contributed by atoms with Gasteiger partial charge in [0.1, 0.15) is 0 Å². The lowest BCUT2D eigenvalue weighted by Gasteiger charge is -2.09. The Morgan fingerprint density at radius 3 is 2.62 bits per heavy atom. The summed E-state index contributed by atoms with van der Waals surface area (Å²) in [5.41, 5.74) is 6.81. The fourth-order valence-corrected chi connectivity index (χ4v) is 2.00.